The van der Waals surface area contributed by atoms with Gasteiger partial charge in [0, 0.05) is 26.3 Å². The summed E-state index contributed by atoms with van der Waals surface area (Å²) in [6.07, 6.45) is 0. The van der Waals surface area contributed by atoms with Gasteiger partial charge in [-0.1, -0.05) is 12.1 Å². The van der Waals surface area contributed by atoms with E-state index in [1.807, 2.05) is 0 Å². The molecule has 0 bridgehead atoms. The van der Waals surface area contributed by atoms with Gasteiger partial charge in [0.25, 0.3) is 11.8 Å². The van der Waals surface area contributed by atoms with Crippen LogP contribution in [0.25, 0.3) is 0 Å². The smallest absolute Gasteiger partial charge is 0.256 e. The van der Waals surface area contributed by atoms with Gasteiger partial charge in [0.2, 0.25) is 0 Å². The molecule has 1 heterocycles. The predicted octanol–water partition coefficient (Wildman–Crippen LogP) is 2.82. The number of carbonyl (C=O) groups is 2. The molecular formula is C18H16F2N2O3. The van der Waals surface area contributed by atoms with Crippen LogP contribution < -0.4 is 5.32 Å². The molecular weight excluding hydrogens is 330 g/mol. The number of halogens is 2. The van der Waals surface area contributed by atoms with Gasteiger partial charge in [-0.15, -0.1) is 0 Å². The highest BCUT2D eigenvalue weighted by Gasteiger charge is 2.31. The van der Waals surface area contributed by atoms with E-state index in [-0.39, 0.29) is 17.2 Å². The largest absolute Gasteiger partial charge is 0.383 e. The summed E-state index contributed by atoms with van der Waals surface area (Å²) in [4.78, 5) is 26.7. The lowest BCUT2D eigenvalue weighted by molar-refractivity contribution is 0.0716. The van der Waals surface area contributed by atoms with E-state index in [2.05, 4.69) is 5.32 Å². The number of amides is 2. The van der Waals surface area contributed by atoms with E-state index in [1.165, 1.54) is 6.07 Å². The van der Waals surface area contributed by atoms with Gasteiger partial charge in [-0.25, -0.2) is 8.78 Å². The Hall–Kier alpha value is -2.80. The lowest BCUT2D eigenvalue weighted by Crippen LogP contribution is -2.28. The van der Waals surface area contributed by atoms with Crippen molar-refractivity contribution in [3.8, 4) is 0 Å². The summed E-state index contributed by atoms with van der Waals surface area (Å²) in [6.45, 7) is 1.20. The molecule has 7 heteroatoms. The fraction of sp³-hybridized carbons (Fsp3) is 0.222. The minimum Gasteiger partial charge on any atom is -0.383 e. The van der Waals surface area contributed by atoms with Gasteiger partial charge in [-0.05, 0) is 23.8 Å². The fourth-order valence-corrected chi connectivity index (χ4v) is 2.77. The van der Waals surface area contributed by atoms with Crippen LogP contribution in [0.2, 0.25) is 0 Å². The van der Waals surface area contributed by atoms with E-state index in [0.29, 0.717) is 31.3 Å². The molecule has 0 aromatic heterocycles. The van der Waals surface area contributed by atoms with Gasteiger partial charge < -0.3 is 15.0 Å². The third-order valence-corrected chi connectivity index (χ3v) is 4.00. The summed E-state index contributed by atoms with van der Waals surface area (Å²) < 4.78 is 31.7. The monoisotopic (exact) mass is 346 g/mol. The normalized spacial score (nSPS) is 13.1. The molecule has 0 unspecified atom stereocenters. The molecule has 0 radical (unpaired) electrons. The van der Waals surface area contributed by atoms with Crippen molar-refractivity contribution in [1.29, 1.82) is 0 Å². The first-order valence-corrected chi connectivity index (χ1v) is 7.67. The van der Waals surface area contributed by atoms with E-state index in [4.69, 9.17) is 4.74 Å². The second-order valence-electron chi connectivity index (χ2n) is 5.64. The summed E-state index contributed by atoms with van der Waals surface area (Å²) in [5.41, 5.74) is 1.05. The van der Waals surface area contributed by atoms with Crippen molar-refractivity contribution in [2.45, 2.75) is 6.54 Å². The quantitative estimate of drug-likeness (QED) is 0.906. The third-order valence-electron chi connectivity index (χ3n) is 4.00. The average Bonchev–Trinajstić information content (AvgIpc) is 2.91. The van der Waals surface area contributed by atoms with Crippen molar-refractivity contribution in [3.05, 3.63) is 64.7 Å². The topological polar surface area (TPSA) is 58.6 Å². The van der Waals surface area contributed by atoms with Gasteiger partial charge in [0.05, 0.1) is 23.4 Å². The van der Waals surface area contributed by atoms with Crippen LogP contribution >= 0.6 is 0 Å². The van der Waals surface area contributed by atoms with Crippen LogP contribution in [0.15, 0.2) is 36.4 Å². The Balaban J connectivity index is 1.86. The number of nitrogens with zero attached hydrogens (tertiary/aromatic N) is 1. The standard InChI is InChI=1S/C18H16F2N2O3/c1-25-8-7-22-10-11-3-2-4-13(16(11)18(22)24)17(23)21-15-6-5-12(19)9-14(15)20/h2-6,9H,7-8,10H2,1H3,(H,21,23). The van der Waals surface area contributed by atoms with Crippen LogP contribution in [0.4, 0.5) is 14.5 Å². The maximum Gasteiger partial charge on any atom is 0.256 e. The van der Waals surface area contributed by atoms with Crippen molar-refractivity contribution in [3.63, 3.8) is 0 Å². The molecule has 0 saturated carbocycles. The van der Waals surface area contributed by atoms with Crippen LogP contribution in [0.1, 0.15) is 26.3 Å². The summed E-state index contributed by atoms with van der Waals surface area (Å²) in [5.74, 6) is -2.50. The first kappa shape index (κ1) is 17.0. The lowest BCUT2D eigenvalue weighted by Gasteiger charge is -2.14. The van der Waals surface area contributed by atoms with Crippen LogP contribution in [0.3, 0.4) is 0 Å². The maximum atomic E-state index is 13.7. The molecule has 2 aromatic carbocycles. The summed E-state index contributed by atoms with van der Waals surface area (Å²) in [7, 11) is 1.55. The molecule has 1 N–H and O–H groups in total. The molecule has 130 valence electrons. The maximum absolute atomic E-state index is 13.7. The molecule has 0 atom stereocenters. The van der Waals surface area contributed by atoms with E-state index in [0.717, 1.165) is 17.7 Å². The van der Waals surface area contributed by atoms with Gasteiger partial charge in [0.1, 0.15) is 11.6 Å². The van der Waals surface area contributed by atoms with Crippen LogP contribution in [-0.4, -0.2) is 37.0 Å². The van der Waals surface area contributed by atoms with Crippen molar-refractivity contribution in [1.82, 2.24) is 4.90 Å². The third kappa shape index (κ3) is 3.36. The molecule has 25 heavy (non-hydrogen) atoms. The lowest BCUT2D eigenvalue weighted by atomic mass is 10.0. The summed E-state index contributed by atoms with van der Waals surface area (Å²) in [5, 5.41) is 2.39. The summed E-state index contributed by atoms with van der Waals surface area (Å²) >= 11 is 0. The first-order valence-electron chi connectivity index (χ1n) is 7.67. The number of carbonyl (C=O) groups excluding carboxylic acids is 2. The first-order chi connectivity index (χ1) is 12.0. The van der Waals surface area contributed by atoms with Crippen molar-refractivity contribution in [2.75, 3.05) is 25.6 Å². The second-order valence-corrected chi connectivity index (χ2v) is 5.64. The summed E-state index contributed by atoms with van der Waals surface area (Å²) in [6, 6.07) is 7.82. The average molecular weight is 346 g/mol. The number of fused-ring (bicyclic) bond motifs is 1. The molecule has 0 aliphatic carbocycles. The SMILES string of the molecule is COCCN1Cc2cccc(C(=O)Nc3ccc(F)cc3F)c2C1=O. The predicted molar refractivity (Wildman–Crippen MR) is 87.4 cm³/mol. The Morgan fingerprint density at radius 2 is 2.08 bits per heavy atom. The van der Waals surface area contributed by atoms with Gasteiger partial charge in [-0.3, -0.25) is 9.59 Å². The molecule has 0 fully saturated rings. The van der Waals surface area contributed by atoms with E-state index < -0.39 is 17.5 Å². The van der Waals surface area contributed by atoms with Gasteiger partial charge in [0.15, 0.2) is 0 Å². The molecule has 1 aliphatic heterocycles. The number of hydrogen-bond donors (Lipinski definition) is 1. The number of methoxy groups -OCH3 is 1. The second kappa shape index (κ2) is 6.98. The Kier molecular flexibility index (Phi) is 4.76. The molecule has 0 saturated heterocycles. The van der Waals surface area contributed by atoms with E-state index in [1.54, 1.807) is 24.1 Å². The van der Waals surface area contributed by atoms with Crippen LogP contribution in [0.5, 0.6) is 0 Å². The molecule has 5 nitrogen and oxygen atoms in total. The highest BCUT2D eigenvalue weighted by Crippen LogP contribution is 2.27. The molecule has 3 rings (SSSR count). The number of benzene rings is 2. The minimum absolute atomic E-state index is 0.148. The highest BCUT2D eigenvalue weighted by atomic mass is 19.1. The highest BCUT2D eigenvalue weighted by molar-refractivity contribution is 6.13. The van der Waals surface area contributed by atoms with Crippen molar-refractivity contribution >= 4 is 17.5 Å². The molecule has 1 aliphatic rings. The number of ether oxygens (including phenoxy) is 1. The Labute approximate surface area is 143 Å². The number of anilines is 1. The van der Waals surface area contributed by atoms with Crippen molar-refractivity contribution < 1.29 is 23.1 Å². The Morgan fingerprint density at radius 1 is 1.28 bits per heavy atom. The molecule has 0 spiro atoms. The Bertz CT molecular complexity index is 839. The fourth-order valence-electron chi connectivity index (χ4n) is 2.77. The molecule has 2 aromatic rings. The van der Waals surface area contributed by atoms with Crippen LogP contribution in [-0.2, 0) is 11.3 Å². The van der Waals surface area contributed by atoms with Crippen LogP contribution in [0, 0.1) is 11.6 Å². The minimum atomic E-state index is -0.881. The van der Waals surface area contributed by atoms with E-state index in [9.17, 15) is 18.4 Å². The number of rotatable bonds is 5. The zero-order valence-corrected chi connectivity index (χ0v) is 13.5. The Morgan fingerprint density at radius 3 is 2.80 bits per heavy atom. The molecule has 2 amide bonds. The number of nitrogens with one attached hydrogen (secondary N) is 1. The van der Waals surface area contributed by atoms with E-state index >= 15 is 0 Å². The van der Waals surface area contributed by atoms with Crippen molar-refractivity contribution in [2.24, 2.45) is 0 Å². The zero-order valence-electron chi connectivity index (χ0n) is 13.5. The zero-order chi connectivity index (χ0) is 18.0. The van der Waals surface area contributed by atoms with Gasteiger partial charge >= 0.3 is 0 Å². The van der Waals surface area contributed by atoms with Gasteiger partial charge in [-0.2, -0.15) is 0 Å². The number of hydrogen-bond acceptors (Lipinski definition) is 3.